The molecule has 0 saturated carbocycles. The minimum Gasteiger partial charge on any atom is -0.453 e. The summed E-state index contributed by atoms with van der Waals surface area (Å²) in [5.41, 5.74) is 3.87. The Labute approximate surface area is 149 Å². The number of para-hydroxylation sites is 2. The van der Waals surface area contributed by atoms with Gasteiger partial charge in [0.2, 0.25) is 5.95 Å². The minimum atomic E-state index is -0.382. The smallest absolute Gasteiger partial charge is 0.409 e. The van der Waals surface area contributed by atoms with Crippen LogP contribution in [0.2, 0.25) is 0 Å². The van der Waals surface area contributed by atoms with Crippen molar-refractivity contribution in [1.82, 2.24) is 19.9 Å². The highest BCUT2D eigenvalue weighted by Gasteiger charge is 2.25. The monoisotopic (exact) mass is 351 g/mol. The molecule has 2 aromatic heterocycles. The van der Waals surface area contributed by atoms with E-state index >= 15 is 0 Å². The summed E-state index contributed by atoms with van der Waals surface area (Å²) in [5.74, 6) is 0.112. The molecule has 132 valence electrons. The summed E-state index contributed by atoms with van der Waals surface area (Å²) in [6.07, 6.45) is 3.41. The average Bonchev–Trinajstić information content (AvgIpc) is 3.08. The molecule has 0 atom stereocenters. The third-order valence-electron chi connectivity index (χ3n) is 4.44. The highest BCUT2D eigenvalue weighted by Crippen LogP contribution is 2.23. The van der Waals surface area contributed by atoms with Gasteiger partial charge >= 0.3 is 6.09 Å². The number of aromatic amines is 1. The quantitative estimate of drug-likeness (QED) is 0.738. The summed E-state index contributed by atoms with van der Waals surface area (Å²) in [4.78, 5) is 37.6. The lowest BCUT2D eigenvalue weighted by atomic mass is 9.97. The van der Waals surface area contributed by atoms with Gasteiger partial charge in [-0.2, -0.15) is 0 Å². The lowest BCUT2D eigenvalue weighted by Crippen LogP contribution is -2.36. The Balaban J connectivity index is 1.58. The Morgan fingerprint density at radius 1 is 1.27 bits per heavy atom. The zero-order valence-corrected chi connectivity index (χ0v) is 14.2. The van der Waals surface area contributed by atoms with Crippen LogP contribution >= 0.6 is 0 Å². The van der Waals surface area contributed by atoms with Gasteiger partial charge in [0.15, 0.2) is 0 Å². The number of rotatable bonds is 2. The Hall–Kier alpha value is -3.42. The second kappa shape index (κ2) is 6.47. The number of methoxy groups -OCH3 is 1. The van der Waals surface area contributed by atoms with Crippen LogP contribution in [0.1, 0.15) is 21.5 Å². The largest absolute Gasteiger partial charge is 0.453 e. The molecule has 8 nitrogen and oxygen atoms in total. The molecule has 0 radical (unpaired) electrons. The summed E-state index contributed by atoms with van der Waals surface area (Å²) < 4.78 is 4.77. The topological polar surface area (TPSA) is 100 Å². The molecule has 3 heterocycles. The van der Waals surface area contributed by atoms with E-state index in [0.29, 0.717) is 31.0 Å². The molecule has 0 bridgehead atoms. The number of ether oxygens (including phenoxy) is 1. The molecule has 0 fully saturated rings. The third-order valence-corrected chi connectivity index (χ3v) is 4.44. The summed E-state index contributed by atoms with van der Waals surface area (Å²) in [7, 11) is 1.35. The molecule has 4 rings (SSSR count). The maximum absolute atomic E-state index is 12.7. The number of amides is 2. The summed E-state index contributed by atoms with van der Waals surface area (Å²) >= 11 is 0. The molecule has 8 heteroatoms. The Kier molecular flexibility index (Phi) is 4.00. The Morgan fingerprint density at radius 3 is 2.92 bits per heavy atom. The molecule has 0 spiro atoms. The zero-order valence-electron chi connectivity index (χ0n) is 14.2. The van der Waals surface area contributed by atoms with Crippen LogP contribution < -0.4 is 5.32 Å². The summed E-state index contributed by atoms with van der Waals surface area (Å²) in [6.45, 7) is 0.870. The van der Waals surface area contributed by atoms with E-state index < -0.39 is 0 Å². The molecule has 1 aliphatic rings. The van der Waals surface area contributed by atoms with Crippen LogP contribution in [0.5, 0.6) is 0 Å². The minimum absolute atomic E-state index is 0.278. The molecule has 1 aromatic carbocycles. The number of imidazole rings is 1. The lowest BCUT2D eigenvalue weighted by Gasteiger charge is -2.28. The highest BCUT2D eigenvalue weighted by molar-refractivity contribution is 6.05. The average molecular weight is 351 g/mol. The van der Waals surface area contributed by atoms with Crippen molar-refractivity contribution in [2.45, 2.75) is 13.0 Å². The number of carbonyl (C=O) groups excluding carboxylic acids is 2. The standard InChI is InChI=1S/C18H17N5O3/c1-26-18(25)23-7-6-12-11(10-23)8-19-9-13(12)16(24)22-17-20-14-4-2-3-5-15(14)21-17/h2-5,8-9H,6-7,10H2,1H3,(H2,20,21,22,24). The molecular formula is C18H17N5O3. The van der Waals surface area contributed by atoms with Crippen molar-refractivity contribution in [3.05, 3.63) is 53.3 Å². The van der Waals surface area contributed by atoms with Crippen molar-refractivity contribution in [1.29, 1.82) is 0 Å². The van der Waals surface area contributed by atoms with Gasteiger partial charge in [-0.1, -0.05) is 12.1 Å². The number of nitrogens with zero attached hydrogens (tertiary/aromatic N) is 3. The fourth-order valence-corrected chi connectivity index (χ4v) is 3.16. The van der Waals surface area contributed by atoms with E-state index in [1.54, 1.807) is 17.3 Å². The van der Waals surface area contributed by atoms with E-state index in [-0.39, 0.29) is 12.0 Å². The molecule has 2 amide bonds. The molecule has 0 saturated heterocycles. The van der Waals surface area contributed by atoms with Gasteiger partial charge in [-0.05, 0) is 29.7 Å². The maximum atomic E-state index is 12.7. The van der Waals surface area contributed by atoms with Gasteiger partial charge in [-0.3, -0.25) is 15.1 Å². The van der Waals surface area contributed by atoms with Crippen LogP contribution in [0.3, 0.4) is 0 Å². The van der Waals surface area contributed by atoms with E-state index in [1.807, 2.05) is 24.3 Å². The highest BCUT2D eigenvalue weighted by atomic mass is 16.5. The maximum Gasteiger partial charge on any atom is 0.409 e. The SMILES string of the molecule is COC(=O)N1CCc2c(cncc2C(=O)Nc2nc3ccccc3[nH]2)C1. The number of aromatic nitrogens is 3. The first-order chi connectivity index (χ1) is 12.7. The zero-order chi connectivity index (χ0) is 18.1. The van der Waals surface area contributed by atoms with E-state index in [0.717, 1.165) is 22.2 Å². The van der Waals surface area contributed by atoms with Crippen LogP contribution in [-0.4, -0.2) is 45.5 Å². The van der Waals surface area contributed by atoms with E-state index in [1.165, 1.54) is 7.11 Å². The number of carbonyl (C=O) groups is 2. The fourth-order valence-electron chi connectivity index (χ4n) is 3.16. The fraction of sp³-hybridized carbons (Fsp3) is 0.222. The second-order valence-corrected chi connectivity index (χ2v) is 6.02. The van der Waals surface area contributed by atoms with Gasteiger partial charge in [-0.15, -0.1) is 0 Å². The van der Waals surface area contributed by atoms with Crippen LogP contribution in [0.4, 0.5) is 10.7 Å². The first-order valence-corrected chi connectivity index (χ1v) is 8.20. The van der Waals surface area contributed by atoms with Crippen molar-refractivity contribution in [3.63, 3.8) is 0 Å². The predicted octanol–water partition coefficient (Wildman–Crippen LogP) is 2.33. The molecule has 26 heavy (non-hydrogen) atoms. The van der Waals surface area contributed by atoms with Crippen LogP contribution in [0, 0.1) is 0 Å². The van der Waals surface area contributed by atoms with Gasteiger partial charge in [0.25, 0.3) is 5.91 Å². The van der Waals surface area contributed by atoms with Gasteiger partial charge in [0.05, 0.1) is 30.3 Å². The number of hydrogen-bond donors (Lipinski definition) is 2. The van der Waals surface area contributed by atoms with Gasteiger partial charge in [-0.25, -0.2) is 9.78 Å². The summed E-state index contributed by atoms with van der Waals surface area (Å²) in [5, 5.41) is 2.79. The van der Waals surface area contributed by atoms with Crippen LogP contribution in [-0.2, 0) is 17.7 Å². The molecule has 0 aliphatic carbocycles. The van der Waals surface area contributed by atoms with Crippen molar-refractivity contribution in [3.8, 4) is 0 Å². The normalized spacial score (nSPS) is 13.3. The number of fused-ring (bicyclic) bond motifs is 2. The van der Waals surface area contributed by atoms with Gasteiger partial charge < -0.3 is 14.6 Å². The Morgan fingerprint density at radius 2 is 2.12 bits per heavy atom. The van der Waals surface area contributed by atoms with Crippen LogP contribution in [0.15, 0.2) is 36.7 Å². The predicted molar refractivity (Wildman–Crippen MR) is 94.8 cm³/mol. The number of H-pyrrole nitrogens is 1. The molecule has 2 N–H and O–H groups in total. The lowest BCUT2D eigenvalue weighted by molar-refractivity contribution is 0.102. The number of benzene rings is 1. The first kappa shape index (κ1) is 16.1. The van der Waals surface area contributed by atoms with Crippen molar-refractivity contribution in [2.75, 3.05) is 19.0 Å². The Bertz CT molecular complexity index is 964. The number of hydrogen-bond acceptors (Lipinski definition) is 5. The third kappa shape index (κ3) is 2.85. The van der Waals surface area contributed by atoms with Crippen molar-refractivity contribution < 1.29 is 14.3 Å². The molecule has 0 unspecified atom stereocenters. The van der Waals surface area contributed by atoms with Crippen molar-refractivity contribution in [2.24, 2.45) is 0 Å². The van der Waals surface area contributed by atoms with Crippen molar-refractivity contribution >= 4 is 29.0 Å². The molecule has 3 aromatic rings. The van der Waals surface area contributed by atoms with E-state index in [9.17, 15) is 9.59 Å². The van der Waals surface area contributed by atoms with Crippen LogP contribution in [0.25, 0.3) is 11.0 Å². The van der Waals surface area contributed by atoms with E-state index in [2.05, 4.69) is 20.3 Å². The van der Waals surface area contributed by atoms with Gasteiger partial charge in [0.1, 0.15) is 0 Å². The molecular weight excluding hydrogens is 334 g/mol. The van der Waals surface area contributed by atoms with E-state index in [4.69, 9.17) is 4.74 Å². The van der Waals surface area contributed by atoms with Gasteiger partial charge in [0, 0.05) is 18.9 Å². The second-order valence-electron chi connectivity index (χ2n) is 6.02. The number of nitrogens with one attached hydrogen (secondary N) is 2. The number of anilines is 1. The molecule has 1 aliphatic heterocycles. The summed E-state index contributed by atoms with van der Waals surface area (Å²) in [6, 6.07) is 7.55. The first-order valence-electron chi connectivity index (χ1n) is 8.20. The number of pyridine rings is 1.